The molecule has 1 aromatic carbocycles. The van der Waals surface area contributed by atoms with Crippen LogP contribution in [0.3, 0.4) is 0 Å². The van der Waals surface area contributed by atoms with Gasteiger partial charge in [-0.15, -0.1) is 0 Å². The van der Waals surface area contributed by atoms with Gasteiger partial charge >= 0.3 is 0 Å². The van der Waals surface area contributed by atoms with Gasteiger partial charge in [0.15, 0.2) is 0 Å². The van der Waals surface area contributed by atoms with E-state index in [0.717, 1.165) is 0 Å². The van der Waals surface area contributed by atoms with E-state index in [1.807, 2.05) is 11.8 Å². The van der Waals surface area contributed by atoms with Gasteiger partial charge in [-0.05, 0) is 25.5 Å². The van der Waals surface area contributed by atoms with E-state index in [9.17, 15) is 0 Å². The van der Waals surface area contributed by atoms with Crippen molar-refractivity contribution in [3.8, 4) is 0 Å². The number of thioether (sulfide) groups is 1. The predicted molar refractivity (Wildman–Crippen MR) is 129 cm³/mol. The number of benzene rings is 1. The monoisotopic (exact) mass is 530 g/mol. The highest BCUT2D eigenvalue weighted by Gasteiger charge is 2.25. The molecule has 3 heteroatoms. The molecular formula is C26H45INS-. The van der Waals surface area contributed by atoms with Crippen LogP contribution in [0.4, 0.5) is 5.69 Å². The summed E-state index contributed by atoms with van der Waals surface area (Å²) in [7, 11) is 0. The Morgan fingerprint density at radius 3 is 1.66 bits per heavy atom. The zero-order valence-corrected chi connectivity index (χ0v) is 22.1. The molecule has 2 rings (SSSR count). The highest BCUT2D eigenvalue weighted by atomic mass is 127. The molecule has 0 spiro atoms. The molecule has 29 heavy (non-hydrogen) atoms. The first-order chi connectivity index (χ1) is 13.8. The van der Waals surface area contributed by atoms with Gasteiger partial charge in [0, 0.05) is 11.4 Å². The summed E-state index contributed by atoms with van der Waals surface area (Å²) in [4.78, 5) is 4.07. The number of fused-ring (bicyclic) bond motifs is 1. The van der Waals surface area contributed by atoms with Gasteiger partial charge in [-0.3, -0.25) is 0 Å². The molecule has 1 aliphatic heterocycles. The molecule has 1 aromatic rings. The Morgan fingerprint density at radius 2 is 1.14 bits per heavy atom. The van der Waals surface area contributed by atoms with Crippen molar-refractivity contribution in [2.75, 3.05) is 11.4 Å². The third-order valence-electron chi connectivity index (χ3n) is 6.16. The van der Waals surface area contributed by atoms with E-state index in [-0.39, 0.29) is 24.0 Å². The number of unbranched alkanes of at least 4 members (excludes halogenated alkanes) is 15. The highest BCUT2D eigenvalue weighted by molar-refractivity contribution is 8.00. The number of para-hydroxylation sites is 1. The van der Waals surface area contributed by atoms with Gasteiger partial charge in [0.25, 0.3) is 0 Å². The molecule has 0 fully saturated rings. The average Bonchev–Trinajstić information content (AvgIpc) is 3.03. The van der Waals surface area contributed by atoms with Crippen molar-refractivity contribution in [2.45, 2.75) is 127 Å². The van der Waals surface area contributed by atoms with Gasteiger partial charge in [0.1, 0.15) is 0 Å². The van der Waals surface area contributed by atoms with Crippen LogP contribution < -0.4 is 28.9 Å². The maximum absolute atomic E-state index is 2.60. The fourth-order valence-corrected chi connectivity index (χ4v) is 5.55. The molecule has 1 heterocycles. The summed E-state index contributed by atoms with van der Waals surface area (Å²) in [5.41, 5.74) is 1.46. The van der Waals surface area contributed by atoms with Crippen molar-refractivity contribution in [3.05, 3.63) is 24.3 Å². The number of hydrogen-bond acceptors (Lipinski definition) is 2. The molecule has 1 aliphatic rings. The van der Waals surface area contributed by atoms with E-state index in [0.29, 0.717) is 5.37 Å². The van der Waals surface area contributed by atoms with Crippen LogP contribution in [0.2, 0.25) is 0 Å². The first-order valence-corrected chi connectivity index (χ1v) is 13.2. The van der Waals surface area contributed by atoms with Crippen LogP contribution in [-0.2, 0) is 0 Å². The van der Waals surface area contributed by atoms with Gasteiger partial charge in [-0.2, -0.15) is 0 Å². The van der Waals surface area contributed by atoms with Crippen LogP contribution >= 0.6 is 11.8 Å². The van der Waals surface area contributed by atoms with E-state index < -0.39 is 0 Å². The molecule has 1 atom stereocenters. The van der Waals surface area contributed by atoms with Crippen LogP contribution in [0.25, 0.3) is 0 Å². The summed E-state index contributed by atoms with van der Waals surface area (Å²) in [6, 6.07) is 8.90. The highest BCUT2D eigenvalue weighted by Crippen LogP contribution is 2.42. The largest absolute Gasteiger partial charge is 1.00 e. The predicted octanol–water partition coefficient (Wildman–Crippen LogP) is 6.21. The van der Waals surface area contributed by atoms with Crippen LogP contribution in [-0.4, -0.2) is 11.9 Å². The van der Waals surface area contributed by atoms with Gasteiger partial charge in [0.2, 0.25) is 0 Å². The maximum Gasteiger partial charge on any atom is 0.0769 e. The summed E-state index contributed by atoms with van der Waals surface area (Å²) in [6.45, 7) is 5.87. The van der Waals surface area contributed by atoms with Crippen molar-refractivity contribution in [3.63, 3.8) is 0 Å². The topological polar surface area (TPSA) is 3.24 Å². The van der Waals surface area contributed by atoms with E-state index in [1.54, 1.807) is 0 Å². The number of rotatable bonds is 17. The molecule has 0 aliphatic carbocycles. The Labute approximate surface area is 203 Å². The summed E-state index contributed by atoms with van der Waals surface area (Å²) in [6.07, 6.45) is 23.1. The standard InChI is InChI=1S/C26H45NS.HI/c1-3-4-5-6-7-8-9-10-11-12-13-14-15-16-17-20-23-27-24(2)28-26-22-19-18-21-25(26)27;/h18-19,21-22,24H,3-17,20,23H2,1-2H3;1H/p-1. The molecule has 0 radical (unpaired) electrons. The molecule has 1 unspecified atom stereocenters. The molecule has 0 amide bonds. The van der Waals surface area contributed by atoms with Crippen molar-refractivity contribution in [2.24, 2.45) is 0 Å². The third kappa shape index (κ3) is 11.3. The summed E-state index contributed by atoms with van der Waals surface area (Å²) < 4.78 is 0. The first kappa shape index (κ1) is 27.1. The van der Waals surface area contributed by atoms with E-state index >= 15 is 0 Å². The molecular weight excluding hydrogens is 485 g/mol. The lowest BCUT2D eigenvalue weighted by molar-refractivity contribution is -0.00000596. The average molecular weight is 531 g/mol. The van der Waals surface area contributed by atoms with Crippen LogP contribution in [0.1, 0.15) is 117 Å². The summed E-state index contributed by atoms with van der Waals surface area (Å²) in [5, 5.41) is 0.605. The van der Waals surface area contributed by atoms with Gasteiger partial charge in [-0.25, -0.2) is 0 Å². The smallest absolute Gasteiger partial charge is 0.0769 e. The second-order valence-electron chi connectivity index (χ2n) is 8.68. The lowest BCUT2D eigenvalue weighted by Crippen LogP contribution is -3.00. The quantitative estimate of drug-likeness (QED) is 0.174. The lowest BCUT2D eigenvalue weighted by atomic mass is 10.0. The first-order valence-electron chi connectivity index (χ1n) is 12.3. The zero-order valence-electron chi connectivity index (χ0n) is 19.1. The van der Waals surface area contributed by atoms with E-state index in [1.165, 1.54) is 120 Å². The minimum atomic E-state index is 0. The van der Waals surface area contributed by atoms with Crippen molar-refractivity contribution in [1.29, 1.82) is 0 Å². The molecule has 0 N–H and O–H groups in total. The zero-order chi connectivity index (χ0) is 19.9. The number of nitrogens with zero attached hydrogens (tertiary/aromatic N) is 1. The fourth-order valence-electron chi connectivity index (χ4n) is 4.37. The molecule has 0 saturated carbocycles. The maximum atomic E-state index is 2.60. The fraction of sp³-hybridized carbons (Fsp3) is 0.769. The number of hydrogen-bond donors (Lipinski definition) is 0. The second-order valence-corrected chi connectivity index (χ2v) is 10.0. The summed E-state index contributed by atoms with van der Waals surface area (Å²) in [5.74, 6) is 0. The Hall–Kier alpha value is 0.1000. The molecule has 1 nitrogen and oxygen atoms in total. The Kier molecular flexibility index (Phi) is 16.6. The minimum absolute atomic E-state index is 0. The molecule has 0 aromatic heterocycles. The van der Waals surface area contributed by atoms with Crippen molar-refractivity contribution >= 4 is 17.4 Å². The van der Waals surface area contributed by atoms with E-state index in [2.05, 4.69) is 43.0 Å². The Morgan fingerprint density at radius 1 is 0.690 bits per heavy atom. The SMILES string of the molecule is CCCCCCCCCCCCCCCCCCN1c2ccccc2SC1C.[I-]. The van der Waals surface area contributed by atoms with Crippen LogP contribution in [0.15, 0.2) is 29.2 Å². The molecule has 168 valence electrons. The summed E-state index contributed by atoms with van der Waals surface area (Å²) >= 11 is 2.01. The lowest BCUT2D eigenvalue weighted by Gasteiger charge is -2.23. The van der Waals surface area contributed by atoms with Gasteiger partial charge < -0.3 is 28.9 Å². The third-order valence-corrected chi connectivity index (χ3v) is 7.36. The Bertz CT molecular complexity index is 507. The number of anilines is 1. The minimum Gasteiger partial charge on any atom is -1.00 e. The normalized spacial score (nSPS) is 15.4. The van der Waals surface area contributed by atoms with Crippen molar-refractivity contribution in [1.82, 2.24) is 0 Å². The van der Waals surface area contributed by atoms with Gasteiger partial charge in [0.05, 0.1) is 11.1 Å². The molecule has 0 saturated heterocycles. The van der Waals surface area contributed by atoms with Crippen LogP contribution in [0.5, 0.6) is 0 Å². The van der Waals surface area contributed by atoms with E-state index in [4.69, 9.17) is 0 Å². The van der Waals surface area contributed by atoms with Crippen molar-refractivity contribution < 1.29 is 24.0 Å². The number of halogens is 1. The molecule has 0 bridgehead atoms. The second kappa shape index (κ2) is 17.7. The van der Waals surface area contributed by atoms with Gasteiger partial charge in [-0.1, -0.05) is 127 Å². The Balaban J connectivity index is 0.00000420. The van der Waals surface area contributed by atoms with Crippen LogP contribution in [0, 0.1) is 0 Å².